The Morgan fingerprint density at radius 3 is 2.28 bits per heavy atom. The Kier molecular flexibility index (Phi) is 8.04. The van der Waals surface area contributed by atoms with Gasteiger partial charge in [-0.05, 0) is 75.3 Å². The third-order valence-electron chi connectivity index (χ3n) is 7.26. The first-order valence-corrected chi connectivity index (χ1v) is 13.4. The maximum atomic E-state index is 13.8. The molecule has 1 atom stereocenters. The molecule has 0 saturated carbocycles. The van der Waals surface area contributed by atoms with Crippen molar-refractivity contribution in [1.82, 2.24) is 15.5 Å². The van der Waals surface area contributed by atoms with E-state index in [1.54, 1.807) is 0 Å². The summed E-state index contributed by atoms with van der Waals surface area (Å²) in [6.07, 6.45) is 4.24. The molecular weight excluding hydrogens is 450 g/mol. The number of alkyl carbamates (subject to hydrolysis) is 1. The number of carbonyl (C=O) groups is 2. The van der Waals surface area contributed by atoms with E-state index in [-0.39, 0.29) is 18.0 Å². The van der Waals surface area contributed by atoms with Gasteiger partial charge in [0.2, 0.25) is 5.91 Å². The Labute approximate surface area is 215 Å². The number of nitrogens with zero attached hydrogens (tertiary/aromatic N) is 1. The summed E-state index contributed by atoms with van der Waals surface area (Å²) in [6.45, 7) is 11.2. The van der Waals surface area contributed by atoms with Crippen LogP contribution in [0.5, 0.6) is 0 Å². The molecule has 4 rings (SSSR count). The number of rotatable bonds is 9. The van der Waals surface area contributed by atoms with Crippen molar-refractivity contribution in [2.75, 3.05) is 26.2 Å². The van der Waals surface area contributed by atoms with Gasteiger partial charge in [-0.25, -0.2) is 4.79 Å². The summed E-state index contributed by atoms with van der Waals surface area (Å²) in [6, 6.07) is 16.9. The predicted octanol–water partition coefficient (Wildman–Crippen LogP) is 5.25. The topological polar surface area (TPSA) is 70.7 Å². The molecule has 2 amide bonds. The molecule has 2 aromatic carbocycles. The Bertz CT molecular complexity index is 1030. The summed E-state index contributed by atoms with van der Waals surface area (Å²) >= 11 is 0. The summed E-state index contributed by atoms with van der Waals surface area (Å²) in [7, 11) is 0. The van der Waals surface area contributed by atoms with Crippen molar-refractivity contribution in [2.45, 2.75) is 76.9 Å². The van der Waals surface area contributed by atoms with Gasteiger partial charge in [-0.15, -0.1) is 0 Å². The van der Waals surface area contributed by atoms with E-state index in [4.69, 9.17) is 4.74 Å². The van der Waals surface area contributed by atoms with Crippen molar-refractivity contribution in [3.63, 3.8) is 0 Å². The lowest BCUT2D eigenvalue weighted by Gasteiger charge is -2.31. The molecule has 1 aliphatic carbocycles. The second-order valence-electron chi connectivity index (χ2n) is 11.1. The van der Waals surface area contributed by atoms with E-state index in [0.717, 1.165) is 62.9 Å². The first kappa shape index (κ1) is 26.2. The van der Waals surface area contributed by atoms with Gasteiger partial charge in [0.05, 0.1) is 0 Å². The molecular formula is C30H41N3O3. The number of fused-ring (bicyclic) bond motifs is 3. The fourth-order valence-electron chi connectivity index (χ4n) is 5.70. The molecule has 194 valence electrons. The highest BCUT2D eigenvalue weighted by Gasteiger charge is 2.48. The summed E-state index contributed by atoms with van der Waals surface area (Å²) in [4.78, 5) is 28.3. The van der Waals surface area contributed by atoms with E-state index in [1.807, 2.05) is 20.8 Å². The first-order valence-electron chi connectivity index (χ1n) is 13.4. The van der Waals surface area contributed by atoms with E-state index in [0.29, 0.717) is 6.54 Å². The maximum absolute atomic E-state index is 13.8. The van der Waals surface area contributed by atoms with E-state index in [1.165, 1.54) is 11.1 Å². The van der Waals surface area contributed by atoms with Gasteiger partial charge in [0.1, 0.15) is 11.0 Å². The van der Waals surface area contributed by atoms with Crippen molar-refractivity contribution in [2.24, 2.45) is 0 Å². The Morgan fingerprint density at radius 1 is 1.03 bits per heavy atom. The first-order chi connectivity index (χ1) is 17.2. The molecule has 0 aromatic heterocycles. The molecule has 36 heavy (non-hydrogen) atoms. The number of hydrogen-bond acceptors (Lipinski definition) is 4. The van der Waals surface area contributed by atoms with Crippen LogP contribution in [0, 0.1) is 0 Å². The van der Waals surface area contributed by atoms with Crippen LogP contribution in [-0.4, -0.2) is 54.7 Å². The third-order valence-corrected chi connectivity index (χ3v) is 7.26. The molecule has 1 fully saturated rings. The molecule has 2 N–H and O–H groups in total. The highest BCUT2D eigenvalue weighted by Crippen LogP contribution is 2.51. The summed E-state index contributed by atoms with van der Waals surface area (Å²) in [5.74, 6) is 0.115. The second kappa shape index (κ2) is 11.0. The van der Waals surface area contributed by atoms with Crippen LogP contribution in [0.3, 0.4) is 0 Å². The maximum Gasteiger partial charge on any atom is 0.407 e. The number of amides is 2. The monoisotopic (exact) mass is 491 g/mol. The lowest BCUT2D eigenvalue weighted by molar-refractivity contribution is -0.125. The van der Waals surface area contributed by atoms with Crippen LogP contribution in [0.25, 0.3) is 11.1 Å². The average molecular weight is 492 g/mol. The summed E-state index contributed by atoms with van der Waals surface area (Å²) < 4.78 is 5.40. The van der Waals surface area contributed by atoms with Crippen LogP contribution in [0.4, 0.5) is 4.79 Å². The van der Waals surface area contributed by atoms with Crippen molar-refractivity contribution in [1.29, 1.82) is 0 Å². The van der Waals surface area contributed by atoms with E-state index in [9.17, 15) is 9.59 Å². The van der Waals surface area contributed by atoms with Gasteiger partial charge < -0.3 is 20.3 Å². The normalized spacial score (nSPS) is 18.4. The third kappa shape index (κ3) is 5.59. The fraction of sp³-hybridized carbons (Fsp3) is 0.533. The second-order valence-corrected chi connectivity index (χ2v) is 11.1. The Balaban J connectivity index is 1.40. The molecule has 1 heterocycles. The summed E-state index contributed by atoms with van der Waals surface area (Å²) in [5, 5.41) is 6.22. The molecule has 0 bridgehead atoms. The molecule has 1 unspecified atom stereocenters. The van der Waals surface area contributed by atoms with Gasteiger partial charge in [0, 0.05) is 25.7 Å². The Hall–Kier alpha value is -2.86. The lowest BCUT2D eigenvalue weighted by atomic mass is 9.73. The van der Waals surface area contributed by atoms with Gasteiger partial charge in [-0.2, -0.15) is 0 Å². The quantitative estimate of drug-likeness (QED) is 0.470. The number of unbranched alkanes of at least 4 members (excludes halogenated alkanes) is 1. The number of hydrogen-bond donors (Lipinski definition) is 2. The van der Waals surface area contributed by atoms with Gasteiger partial charge in [-0.1, -0.05) is 61.9 Å². The molecule has 1 saturated heterocycles. The van der Waals surface area contributed by atoms with Crippen molar-refractivity contribution >= 4 is 12.0 Å². The van der Waals surface area contributed by atoms with Gasteiger partial charge in [0.25, 0.3) is 0 Å². The zero-order valence-corrected chi connectivity index (χ0v) is 22.2. The molecule has 2 aromatic rings. The van der Waals surface area contributed by atoms with Crippen molar-refractivity contribution in [3.8, 4) is 11.1 Å². The molecule has 0 radical (unpaired) electrons. The zero-order chi connectivity index (χ0) is 25.8. The number of ether oxygens (including phenoxy) is 1. The van der Waals surface area contributed by atoms with E-state index in [2.05, 4.69) is 71.0 Å². The predicted molar refractivity (Wildman–Crippen MR) is 144 cm³/mol. The molecule has 0 spiro atoms. The lowest BCUT2D eigenvalue weighted by Crippen LogP contribution is -2.44. The fourth-order valence-corrected chi connectivity index (χ4v) is 5.70. The van der Waals surface area contributed by atoms with Crippen LogP contribution in [0.15, 0.2) is 48.5 Å². The highest BCUT2D eigenvalue weighted by atomic mass is 16.6. The van der Waals surface area contributed by atoms with Crippen molar-refractivity contribution in [3.05, 3.63) is 59.7 Å². The highest BCUT2D eigenvalue weighted by molar-refractivity contribution is 6.00. The van der Waals surface area contributed by atoms with E-state index >= 15 is 0 Å². The number of nitrogens with one attached hydrogen (secondary N) is 2. The van der Waals surface area contributed by atoms with Gasteiger partial charge >= 0.3 is 6.09 Å². The minimum Gasteiger partial charge on any atom is -0.444 e. The summed E-state index contributed by atoms with van der Waals surface area (Å²) in [5.41, 5.74) is 3.48. The number of likely N-dealkylation sites (tertiary alicyclic amines) is 1. The molecule has 2 aliphatic rings. The van der Waals surface area contributed by atoms with E-state index < -0.39 is 11.0 Å². The minimum atomic E-state index is -0.645. The van der Waals surface area contributed by atoms with Crippen molar-refractivity contribution < 1.29 is 14.3 Å². The molecule has 6 nitrogen and oxygen atoms in total. The van der Waals surface area contributed by atoms with Gasteiger partial charge in [-0.3, -0.25) is 4.79 Å². The van der Waals surface area contributed by atoms with Crippen LogP contribution in [-0.2, 0) is 14.9 Å². The van der Waals surface area contributed by atoms with Crippen LogP contribution in [0.2, 0.25) is 0 Å². The smallest absolute Gasteiger partial charge is 0.407 e. The molecule has 6 heteroatoms. The SMILES string of the molecule is CCCNC(=O)C1(CCCCN2CCC(NC(=O)OC(C)(C)C)C2)c2ccccc2-c2ccccc21. The van der Waals surface area contributed by atoms with Crippen LogP contribution in [0.1, 0.15) is 70.9 Å². The largest absolute Gasteiger partial charge is 0.444 e. The standard InChI is InChI=1S/C30H41N3O3/c1-5-18-31-27(34)30(25-14-8-6-12-23(25)24-13-7-9-15-26(24)30)17-10-11-19-33-20-16-22(21-33)32-28(35)36-29(2,3)4/h6-9,12-15,22H,5,10-11,16-21H2,1-4H3,(H,31,34)(H,32,35). The number of carbonyl (C=O) groups excluding carboxylic acids is 2. The molecule has 1 aliphatic heterocycles. The van der Waals surface area contributed by atoms with Crippen LogP contribution >= 0.6 is 0 Å². The van der Waals surface area contributed by atoms with Crippen LogP contribution < -0.4 is 10.6 Å². The Morgan fingerprint density at radius 2 is 1.67 bits per heavy atom. The number of benzene rings is 2. The average Bonchev–Trinajstić information content (AvgIpc) is 3.40. The zero-order valence-electron chi connectivity index (χ0n) is 22.2. The van der Waals surface area contributed by atoms with Gasteiger partial charge in [0.15, 0.2) is 0 Å². The minimum absolute atomic E-state index is 0.115.